The Morgan fingerprint density at radius 1 is 1.60 bits per heavy atom. The molecule has 1 fully saturated rings. The third kappa shape index (κ3) is 2.18. The van der Waals surface area contributed by atoms with Gasteiger partial charge in [-0.2, -0.15) is 5.10 Å². The molecule has 0 amide bonds. The van der Waals surface area contributed by atoms with E-state index in [1.807, 2.05) is 6.92 Å². The second-order valence-electron chi connectivity index (χ2n) is 4.08. The smallest absolute Gasteiger partial charge is 0.250 e. The highest BCUT2D eigenvalue weighted by Gasteiger charge is 2.32. The van der Waals surface area contributed by atoms with E-state index in [2.05, 4.69) is 5.10 Å². The van der Waals surface area contributed by atoms with Crippen LogP contribution in [0.2, 0.25) is 0 Å². The maximum atomic E-state index is 11.3. The SMILES string of the molecule is Cc1cc(S(=O)(=O)Cl)n(C(C)C2CC2)n1. The van der Waals surface area contributed by atoms with Gasteiger partial charge in [-0.25, -0.2) is 13.1 Å². The zero-order valence-corrected chi connectivity index (χ0v) is 10.2. The molecule has 4 nitrogen and oxygen atoms in total. The Bertz CT molecular complexity index is 476. The monoisotopic (exact) mass is 248 g/mol. The highest BCUT2D eigenvalue weighted by molar-refractivity contribution is 8.13. The molecule has 1 aromatic rings. The molecule has 0 aromatic carbocycles. The van der Waals surface area contributed by atoms with E-state index in [1.165, 1.54) is 10.7 Å². The predicted octanol–water partition coefficient (Wildman–Crippen LogP) is 2.09. The summed E-state index contributed by atoms with van der Waals surface area (Å²) < 4.78 is 24.2. The fraction of sp³-hybridized carbons (Fsp3) is 0.667. The summed E-state index contributed by atoms with van der Waals surface area (Å²) in [7, 11) is 1.67. The molecule has 1 aliphatic rings. The van der Waals surface area contributed by atoms with E-state index in [-0.39, 0.29) is 11.1 Å². The number of hydrogen-bond donors (Lipinski definition) is 0. The molecule has 1 aliphatic carbocycles. The van der Waals surface area contributed by atoms with Gasteiger partial charge in [-0.15, -0.1) is 0 Å². The van der Waals surface area contributed by atoms with Crippen LogP contribution in [0.1, 0.15) is 31.5 Å². The molecule has 1 aromatic heterocycles. The van der Waals surface area contributed by atoms with E-state index in [0.29, 0.717) is 11.6 Å². The Labute approximate surface area is 93.7 Å². The largest absolute Gasteiger partial charge is 0.278 e. The van der Waals surface area contributed by atoms with Crippen LogP contribution in [-0.4, -0.2) is 18.2 Å². The first kappa shape index (κ1) is 11.0. The molecular formula is C9H13ClN2O2S. The molecule has 0 N–H and O–H groups in total. The lowest BCUT2D eigenvalue weighted by Crippen LogP contribution is -2.13. The Balaban J connectivity index is 2.45. The molecule has 1 saturated carbocycles. The zero-order chi connectivity index (χ0) is 11.2. The molecule has 0 radical (unpaired) electrons. The van der Waals surface area contributed by atoms with Gasteiger partial charge in [0.05, 0.1) is 11.7 Å². The first-order valence-corrected chi connectivity index (χ1v) is 7.21. The third-order valence-electron chi connectivity index (χ3n) is 2.76. The topological polar surface area (TPSA) is 52.0 Å². The van der Waals surface area contributed by atoms with Crippen LogP contribution in [-0.2, 0) is 9.05 Å². The van der Waals surface area contributed by atoms with E-state index < -0.39 is 9.05 Å². The third-order valence-corrected chi connectivity index (χ3v) is 4.04. The minimum atomic E-state index is -3.69. The molecule has 0 spiro atoms. The van der Waals surface area contributed by atoms with E-state index in [9.17, 15) is 8.42 Å². The maximum absolute atomic E-state index is 11.3. The molecule has 1 unspecified atom stereocenters. The number of aromatic nitrogens is 2. The Kier molecular flexibility index (Phi) is 2.55. The van der Waals surface area contributed by atoms with Gasteiger partial charge in [0.2, 0.25) is 0 Å². The summed E-state index contributed by atoms with van der Waals surface area (Å²) >= 11 is 0. The first-order chi connectivity index (χ1) is 6.89. The van der Waals surface area contributed by atoms with Crippen molar-refractivity contribution in [3.05, 3.63) is 11.8 Å². The Morgan fingerprint density at radius 2 is 2.20 bits per heavy atom. The van der Waals surface area contributed by atoms with Crippen molar-refractivity contribution in [1.29, 1.82) is 0 Å². The zero-order valence-electron chi connectivity index (χ0n) is 8.64. The van der Waals surface area contributed by atoms with Gasteiger partial charge >= 0.3 is 0 Å². The summed E-state index contributed by atoms with van der Waals surface area (Å²) in [5.74, 6) is 0.543. The average molecular weight is 249 g/mol. The van der Waals surface area contributed by atoms with Crippen LogP contribution in [0.5, 0.6) is 0 Å². The molecule has 0 bridgehead atoms. The van der Waals surface area contributed by atoms with Crippen molar-refractivity contribution in [1.82, 2.24) is 9.78 Å². The molecule has 1 heterocycles. The molecular weight excluding hydrogens is 236 g/mol. The van der Waals surface area contributed by atoms with Crippen LogP contribution in [0.15, 0.2) is 11.1 Å². The maximum Gasteiger partial charge on any atom is 0.278 e. The standard InChI is InChI=1S/C9H13ClN2O2S/c1-6-5-9(15(10,13)14)12(11-6)7(2)8-3-4-8/h5,7-8H,3-4H2,1-2H3. The van der Waals surface area contributed by atoms with Crippen molar-refractivity contribution in [3.8, 4) is 0 Å². The van der Waals surface area contributed by atoms with Crippen LogP contribution in [0.4, 0.5) is 0 Å². The summed E-state index contributed by atoms with van der Waals surface area (Å²) in [4.78, 5) is 0. The number of hydrogen-bond acceptors (Lipinski definition) is 3. The van der Waals surface area contributed by atoms with Crippen molar-refractivity contribution in [2.45, 2.75) is 37.8 Å². The van der Waals surface area contributed by atoms with Crippen LogP contribution in [0, 0.1) is 12.8 Å². The van der Waals surface area contributed by atoms with Crippen molar-refractivity contribution in [2.24, 2.45) is 5.92 Å². The normalized spacial score (nSPS) is 19.1. The molecule has 0 aliphatic heterocycles. The Morgan fingerprint density at radius 3 is 2.67 bits per heavy atom. The number of halogens is 1. The number of rotatable bonds is 3. The van der Waals surface area contributed by atoms with Crippen LogP contribution in [0.3, 0.4) is 0 Å². The number of aryl methyl sites for hydroxylation is 1. The Hall–Kier alpha value is -0.550. The summed E-state index contributed by atoms with van der Waals surface area (Å²) in [5, 5.41) is 4.30. The fourth-order valence-electron chi connectivity index (χ4n) is 1.75. The number of nitrogens with zero attached hydrogens (tertiary/aromatic N) is 2. The minimum Gasteiger partial charge on any atom is -0.250 e. The van der Waals surface area contributed by atoms with Crippen LogP contribution in [0.25, 0.3) is 0 Å². The van der Waals surface area contributed by atoms with Gasteiger partial charge in [0.25, 0.3) is 9.05 Å². The molecule has 84 valence electrons. The van der Waals surface area contributed by atoms with Crippen molar-refractivity contribution < 1.29 is 8.42 Å². The molecule has 15 heavy (non-hydrogen) atoms. The van der Waals surface area contributed by atoms with Crippen LogP contribution >= 0.6 is 10.7 Å². The average Bonchev–Trinajstić information content (AvgIpc) is 2.86. The summed E-state index contributed by atoms with van der Waals surface area (Å²) in [6.07, 6.45) is 2.28. The van der Waals surface area contributed by atoms with Gasteiger partial charge in [0.1, 0.15) is 0 Å². The highest BCUT2D eigenvalue weighted by Crippen LogP contribution is 2.40. The summed E-state index contributed by atoms with van der Waals surface area (Å²) in [5.41, 5.74) is 0.682. The fourth-order valence-corrected chi connectivity index (χ4v) is 2.83. The van der Waals surface area contributed by atoms with E-state index in [0.717, 1.165) is 12.8 Å². The molecule has 1 atom stereocenters. The van der Waals surface area contributed by atoms with Gasteiger partial charge in [0, 0.05) is 10.7 Å². The van der Waals surface area contributed by atoms with E-state index >= 15 is 0 Å². The van der Waals surface area contributed by atoms with Gasteiger partial charge in [-0.3, -0.25) is 0 Å². The first-order valence-electron chi connectivity index (χ1n) is 4.90. The predicted molar refractivity (Wildman–Crippen MR) is 57.4 cm³/mol. The summed E-state index contributed by atoms with van der Waals surface area (Å²) in [6, 6.07) is 1.63. The minimum absolute atomic E-state index is 0.112. The summed E-state index contributed by atoms with van der Waals surface area (Å²) in [6.45, 7) is 3.75. The lowest BCUT2D eigenvalue weighted by molar-refractivity contribution is 0.405. The van der Waals surface area contributed by atoms with Crippen LogP contribution < -0.4 is 0 Å². The van der Waals surface area contributed by atoms with Crippen molar-refractivity contribution >= 4 is 19.7 Å². The lowest BCUT2D eigenvalue weighted by atomic mass is 10.2. The van der Waals surface area contributed by atoms with Gasteiger partial charge in [0.15, 0.2) is 5.03 Å². The van der Waals surface area contributed by atoms with E-state index in [1.54, 1.807) is 6.92 Å². The molecule has 2 rings (SSSR count). The second-order valence-corrected chi connectivity index (χ2v) is 6.60. The van der Waals surface area contributed by atoms with Gasteiger partial charge in [-0.05, 0) is 38.7 Å². The van der Waals surface area contributed by atoms with Gasteiger partial charge in [-0.1, -0.05) is 0 Å². The van der Waals surface area contributed by atoms with Gasteiger partial charge < -0.3 is 0 Å². The van der Waals surface area contributed by atoms with Crippen molar-refractivity contribution in [2.75, 3.05) is 0 Å². The van der Waals surface area contributed by atoms with E-state index in [4.69, 9.17) is 10.7 Å². The molecule has 0 saturated heterocycles. The molecule has 6 heteroatoms. The lowest BCUT2D eigenvalue weighted by Gasteiger charge is -2.12. The highest BCUT2D eigenvalue weighted by atomic mass is 35.7. The van der Waals surface area contributed by atoms with Crippen molar-refractivity contribution in [3.63, 3.8) is 0 Å². The second kappa shape index (κ2) is 3.49. The quantitative estimate of drug-likeness (QED) is 0.770.